The highest BCUT2D eigenvalue weighted by Crippen LogP contribution is 2.22. The molecule has 16 heavy (non-hydrogen) atoms. The zero-order valence-electron chi connectivity index (χ0n) is 9.55. The summed E-state index contributed by atoms with van der Waals surface area (Å²) in [6.07, 6.45) is 0.590. The maximum atomic E-state index is 11.9. The largest absolute Gasteiger partial charge is 0.480 e. The van der Waals surface area contributed by atoms with Crippen molar-refractivity contribution < 1.29 is 14.7 Å². The molecule has 1 aliphatic heterocycles. The van der Waals surface area contributed by atoms with Gasteiger partial charge in [0.1, 0.15) is 6.04 Å². The van der Waals surface area contributed by atoms with Crippen LogP contribution in [-0.2, 0) is 9.59 Å². The highest BCUT2D eigenvalue weighted by Gasteiger charge is 2.36. The molecule has 0 aromatic rings. The normalized spacial score (nSPS) is 22.5. The molecule has 6 heteroatoms. The van der Waals surface area contributed by atoms with Gasteiger partial charge in [-0.15, -0.1) is 11.8 Å². The van der Waals surface area contributed by atoms with Crippen molar-refractivity contribution in [3.8, 4) is 0 Å². The first-order chi connectivity index (χ1) is 7.43. The number of carbonyl (C=O) groups is 2. The SMILES string of the molecule is CC(C)CC(N)C(=O)N1CSCC1C(=O)O. The minimum absolute atomic E-state index is 0.244. The molecule has 0 aliphatic carbocycles. The Hall–Kier alpha value is -0.750. The number of carboxylic acids is 1. The Kier molecular flexibility index (Phi) is 4.61. The third-order valence-electron chi connectivity index (χ3n) is 2.49. The molecular formula is C10H18N2O3S. The average molecular weight is 246 g/mol. The quantitative estimate of drug-likeness (QED) is 0.747. The molecule has 1 fully saturated rings. The number of hydrogen-bond donors (Lipinski definition) is 2. The molecule has 2 unspecified atom stereocenters. The lowest BCUT2D eigenvalue weighted by molar-refractivity contribution is -0.148. The first kappa shape index (κ1) is 13.3. The molecule has 0 saturated carbocycles. The molecule has 0 aromatic heterocycles. The standard InChI is InChI=1S/C10H18N2O3S/c1-6(2)3-7(11)9(13)12-5-16-4-8(12)10(14)15/h6-8H,3-5,11H2,1-2H3,(H,14,15). The molecule has 92 valence electrons. The van der Waals surface area contributed by atoms with Crippen molar-refractivity contribution in [2.24, 2.45) is 11.7 Å². The summed E-state index contributed by atoms with van der Waals surface area (Å²) in [5.41, 5.74) is 5.77. The fraction of sp³-hybridized carbons (Fsp3) is 0.800. The van der Waals surface area contributed by atoms with E-state index in [2.05, 4.69) is 0 Å². The van der Waals surface area contributed by atoms with Gasteiger partial charge in [-0.3, -0.25) is 4.79 Å². The highest BCUT2D eigenvalue weighted by molar-refractivity contribution is 7.99. The van der Waals surface area contributed by atoms with Gasteiger partial charge in [0.15, 0.2) is 0 Å². The number of nitrogens with zero attached hydrogens (tertiary/aromatic N) is 1. The van der Waals surface area contributed by atoms with E-state index in [9.17, 15) is 9.59 Å². The lowest BCUT2D eigenvalue weighted by atomic mass is 10.0. The van der Waals surface area contributed by atoms with Gasteiger partial charge in [-0.2, -0.15) is 0 Å². The van der Waals surface area contributed by atoms with Crippen molar-refractivity contribution in [1.82, 2.24) is 4.90 Å². The van der Waals surface area contributed by atoms with E-state index in [1.165, 1.54) is 16.7 Å². The van der Waals surface area contributed by atoms with E-state index in [1.807, 2.05) is 13.8 Å². The van der Waals surface area contributed by atoms with Gasteiger partial charge in [0.25, 0.3) is 0 Å². The van der Waals surface area contributed by atoms with E-state index in [1.54, 1.807) is 0 Å². The minimum atomic E-state index is -0.949. The van der Waals surface area contributed by atoms with Crippen LogP contribution in [0, 0.1) is 5.92 Å². The van der Waals surface area contributed by atoms with Gasteiger partial charge in [0, 0.05) is 5.75 Å². The van der Waals surface area contributed by atoms with Gasteiger partial charge >= 0.3 is 5.97 Å². The minimum Gasteiger partial charge on any atom is -0.480 e. The highest BCUT2D eigenvalue weighted by atomic mass is 32.2. The van der Waals surface area contributed by atoms with Crippen LogP contribution in [0.3, 0.4) is 0 Å². The molecule has 1 rings (SSSR count). The average Bonchev–Trinajstić information content (AvgIpc) is 2.63. The third kappa shape index (κ3) is 3.12. The van der Waals surface area contributed by atoms with E-state index in [0.29, 0.717) is 24.0 Å². The molecule has 1 saturated heterocycles. The molecule has 0 aromatic carbocycles. The van der Waals surface area contributed by atoms with Crippen molar-refractivity contribution in [3.05, 3.63) is 0 Å². The van der Waals surface area contributed by atoms with Crippen LogP contribution < -0.4 is 5.73 Å². The molecule has 0 bridgehead atoms. The second-order valence-electron chi connectivity index (χ2n) is 4.40. The molecule has 0 spiro atoms. The fourth-order valence-electron chi connectivity index (χ4n) is 1.69. The summed E-state index contributed by atoms with van der Waals surface area (Å²) in [6, 6.07) is -1.30. The zero-order valence-corrected chi connectivity index (χ0v) is 10.4. The molecule has 1 amide bonds. The Morgan fingerprint density at radius 2 is 2.19 bits per heavy atom. The maximum absolute atomic E-state index is 11.9. The number of rotatable bonds is 4. The second kappa shape index (κ2) is 5.54. The molecule has 2 atom stereocenters. The Bertz CT molecular complexity index is 283. The summed E-state index contributed by atoms with van der Waals surface area (Å²) in [5.74, 6) is 0.0236. The van der Waals surface area contributed by atoms with Crippen LogP contribution in [0.2, 0.25) is 0 Å². The molecule has 0 radical (unpaired) electrons. The van der Waals surface area contributed by atoms with Gasteiger partial charge in [-0.1, -0.05) is 13.8 Å². The van der Waals surface area contributed by atoms with Gasteiger partial charge in [-0.05, 0) is 12.3 Å². The van der Waals surface area contributed by atoms with E-state index < -0.39 is 18.1 Å². The number of nitrogens with two attached hydrogens (primary N) is 1. The first-order valence-electron chi connectivity index (χ1n) is 5.30. The summed E-state index contributed by atoms with van der Waals surface area (Å²) < 4.78 is 0. The van der Waals surface area contributed by atoms with Crippen molar-refractivity contribution in [3.63, 3.8) is 0 Å². The van der Waals surface area contributed by atoms with Gasteiger partial charge < -0.3 is 15.7 Å². The van der Waals surface area contributed by atoms with Gasteiger partial charge in [-0.25, -0.2) is 4.79 Å². The van der Waals surface area contributed by atoms with Crippen LogP contribution in [-0.4, -0.2) is 45.6 Å². The number of hydrogen-bond acceptors (Lipinski definition) is 4. The number of carboxylic acid groups (broad SMARTS) is 1. The summed E-state index contributed by atoms with van der Waals surface area (Å²) in [6.45, 7) is 3.97. The van der Waals surface area contributed by atoms with Crippen molar-refractivity contribution in [1.29, 1.82) is 0 Å². The Labute approximate surface area is 99.4 Å². The molecule has 5 nitrogen and oxygen atoms in total. The maximum Gasteiger partial charge on any atom is 0.327 e. The monoisotopic (exact) mass is 246 g/mol. The predicted octanol–water partition coefficient (Wildman–Crippen LogP) is 0.346. The first-order valence-corrected chi connectivity index (χ1v) is 6.45. The second-order valence-corrected chi connectivity index (χ2v) is 5.40. The van der Waals surface area contributed by atoms with Crippen LogP contribution in [0.15, 0.2) is 0 Å². The van der Waals surface area contributed by atoms with Crippen LogP contribution in [0.1, 0.15) is 20.3 Å². The lowest BCUT2D eigenvalue weighted by Crippen LogP contribution is -2.49. The Morgan fingerprint density at radius 1 is 1.56 bits per heavy atom. The van der Waals surface area contributed by atoms with E-state index in [-0.39, 0.29) is 5.91 Å². The zero-order chi connectivity index (χ0) is 12.3. The molecule has 1 aliphatic rings. The van der Waals surface area contributed by atoms with Crippen LogP contribution in [0.5, 0.6) is 0 Å². The van der Waals surface area contributed by atoms with Crippen LogP contribution in [0.25, 0.3) is 0 Å². The Morgan fingerprint density at radius 3 is 2.69 bits per heavy atom. The van der Waals surface area contributed by atoms with Gasteiger partial charge in [0.2, 0.25) is 5.91 Å². The van der Waals surface area contributed by atoms with E-state index in [0.717, 1.165) is 0 Å². The van der Waals surface area contributed by atoms with Crippen molar-refractivity contribution in [2.45, 2.75) is 32.4 Å². The van der Waals surface area contributed by atoms with E-state index in [4.69, 9.17) is 10.8 Å². The van der Waals surface area contributed by atoms with Crippen LogP contribution in [0.4, 0.5) is 0 Å². The molecular weight excluding hydrogens is 228 g/mol. The predicted molar refractivity (Wildman–Crippen MR) is 63.0 cm³/mol. The van der Waals surface area contributed by atoms with Crippen LogP contribution >= 0.6 is 11.8 Å². The third-order valence-corrected chi connectivity index (χ3v) is 3.51. The molecule has 1 heterocycles. The summed E-state index contributed by atoms with van der Waals surface area (Å²) in [5, 5.41) is 8.95. The fourth-order valence-corrected chi connectivity index (χ4v) is 2.84. The number of thioether (sulfide) groups is 1. The van der Waals surface area contributed by atoms with Gasteiger partial charge in [0.05, 0.1) is 11.9 Å². The number of aliphatic carboxylic acids is 1. The molecule has 3 N–H and O–H groups in total. The summed E-state index contributed by atoms with van der Waals surface area (Å²) in [4.78, 5) is 24.2. The van der Waals surface area contributed by atoms with Crippen molar-refractivity contribution >= 4 is 23.6 Å². The topological polar surface area (TPSA) is 83.6 Å². The number of amides is 1. The smallest absolute Gasteiger partial charge is 0.327 e. The summed E-state index contributed by atoms with van der Waals surface area (Å²) in [7, 11) is 0. The lowest BCUT2D eigenvalue weighted by Gasteiger charge is -2.24. The number of carbonyl (C=O) groups excluding carboxylic acids is 1. The van der Waals surface area contributed by atoms with Crippen molar-refractivity contribution in [2.75, 3.05) is 11.6 Å². The summed E-state index contributed by atoms with van der Waals surface area (Å²) >= 11 is 1.45. The Balaban J connectivity index is 2.62. The van der Waals surface area contributed by atoms with E-state index >= 15 is 0 Å².